The number of rotatable bonds is 6. The smallest absolute Gasteiger partial charge is 0.419 e. The Morgan fingerprint density at radius 1 is 1.16 bits per heavy atom. The molecular weight excluding hydrogens is 424 g/mol. The van der Waals surface area contributed by atoms with Crippen LogP contribution in [0.4, 0.5) is 5.69 Å². The summed E-state index contributed by atoms with van der Waals surface area (Å²) in [7, 11) is -2.37. The minimum Gasteiger partial charge on any atom is -0.461 e. The van der Waals surface area contributed by atoms with Crippen molar-refractivity contribution in [3.05, 3.63) is 71.0 Å². The molecular formula is C20H18N4O6S. The first-order chi connectivity index (χ1) is 14.8. The van der Waals surface area contributed by atoms with Crippen LogP contribution < -0.4 is 10.5 Å². The zero-order chi connectivity index (χ0) is 22.2. The number of nitrogens with one attached hydrogen (secondary N) is 1. The van der Waals surface area contributed by atoms with E-state index in [4.69, 9.17) is 9.15 Å². The Hall–Kier alpha value is -3.86. The van der Waals surface area contributed by atoms with Crippen LogP contribution >= 0.6 is 0 Å². The van der Waals surface area contributed by atoms with Crippen LogP contribution in [0.2, 0.25) is 0 Å². The van der Waals surface area contributed by atoms with Crippen LogP contribution in [0.15, 0.2) is 68.8 Å². The van der Waals surface area contributed by atoms with Gasteiger partial charge in [-0.3, -0.25) is 9.29 Å². The molecule has 4 rings (SSSR count). The molecule has 0 amide bonds. The first kappa shape index (κ1) is 20.4. The number of carbonyl (C=O) groups excluding carboxylic acids is 1. The molecule has 0 atom stereocenters. The summed E-state index contributed by atoms with van der Waals surface area (Å²) in [6, 6.07) is 12.2. The van der Waals surface area contributed by atoms with Crippen molar-refractivity contribution in [2.45, 2.75) is 11.8 Å². The molecule has 0 saturated heterocycles. The highest BCUT2D eigenvalue weighted by atomic mass is 32.2. The molecule has 10 nitrogen and oxygen atoms in total. The Morgan fingerprint density at radius 3 is 2.61 bits per heavy atom. The maximum atomic E-state index is 12.7. The Bertz CT molecular complexity index is 1430. The molecule has 0 spiro atoms. The third-order valence-corrected chi connectivity index (χ3v) is 5.91. The average molecular weight is 442 g/mol. The number of aryl methyl sites for hydroxylation is 1. The second kappa shape index (κ2) is 7.76. The molecule has 0 aliphatic rings. The number of benzene rings is 2. The summed E-state index contributed by atoms with van der Waals surface area (Å²) in [5.41, 5.74) is 1.81. The van der Waals surface area contributed by atoms with Gasteiger partial charge in [0, 0.05) is 25.0 Å². The highest BCUT2D eigenvalue weighted by molar-refractivity contribution is 7.92. The first-order valence-electron chi connectivity index (χ1n) is 9.24. The molecule has 2 aromatic carbocycles. The van der Waals surface area contributed by atoms with Crippen LogP contribution in [0.3, 0.4) is 0 Å². The van der Waals surface area contributed by atoms with E-state index in [1.807, 2.05) is 0 Å². The Labute approximate surface area is 176 Å². The van der Waals surface area contributed by atoms with Gasteiger partial charge in [-0.25, -0.2) is 22.7 Å². The summed E-state index contributed by atoms with van der Waals surface area (Å²) < 4.78 is 40.7. The summed E-state index contributed by atoms with van der Waals surface area (Å²) in [5.74, 6) is -1.09. The summed E-state index contributed by atoms with van der Waals surface area (Å²) in [6.45, 7) is 1.96. The number of fused-ring (bicyclic) bond motifs is 1. The lowest BCUT2D eigenvalue weighted by molar-refractivity contribution is 0.0519. The van der Waals surface area contributed by atoms with Crippen molar-refractivity contribution in [2.75, 3.05) is 11.3 Å². The Morgan fingerprint density at radius 2 is 1.90 bits per heavy atom. The van der Waals surface area contributed by atoms with Crippen LogP contribution in [0.5, 0.6) is 0 Å². The monoisotopic (exact) mass is 442 g/mol. The van der Waals surface area contributed by atoms with Gasteiger partial charge in [0.05, 0.1) is 22.7 Å². The van der Waals surface area contributed by atoms with Crippen molar-refractivity contribution < 1.29 is 22.4 Å². The average Bonchev–Trinajstić information content (AvgIpc) is 3.34. The van der Waals surface area contributed by atoms with Crippen molar-refractivity contribution in [1.82, 2.24) is 14.3 Å². The van der Waals surface area contributed by atoms with Crippen LogP contribution in [-0.4, -0.2) is 35.3 Å². The molecule has 2 aromatic heterocycles. The molecule has 0 saturated carbocycles. The molecule has 0 unspecified atom stereocenters. The summed E-state index contributed by atoms with van der Waals surface area (Å²) in [4.78, 5) is 23.3. The van der Waals surface area contributed by atoms with E-state index in [0.29, 0.717) is 16.9 Å². The van der Waals surface area contributed by atoms with E-state index < -0.39 is 21.7 Å². The van der Waals surface area contributed by atoms with E-state index in [2.05, 4.69) is 9.82 Å². The highest BCUT2D eigenvalue weighted by Gasteiger charge is 2.17. The summed E-state index contributed by atoms with van der Waals surface area (Å²) in [5, 5.41) is 4.15. The Kier molecular flexibility index (Phi) is 5.11. The fourth-order valence-electron chi connectivity index (χ4n) is 2.96. The third kappa shape index (κ3) is 3.94. The lowest BCUT2D eigenvalue weighted by atomic mass is 10.3. The zero-order valence-corrected chi connectivity index (χ0v) is 17.4. The van der Waals surface area contributed by atoms with Gasteiger partial charge in [0.15, 0.2) is 11.3 Å². The molecule has 0 radical (unpaired) electrons. The SMILES string of the molecule is CCOC(=O)c1ccn(-c2ccc(NS(=O)(=O)c3ccc4c(c3)oc(=O)n4C)cc2)n1. The van der Waals surface area contributed by atoms with Crippen molar-refractivity contribution in [3.8, 4) is 5.69 Å². The van der Waals surface area contributed by atoms with Gasteiger partial charge >= 0.3 is 11.7 Å². The van der Waals surface area contributed by atoms with Crippen molar-refractivity contribution in [1.29, 1.82) is 0 Å². The summed E-state index contributed by atoms with van der Waals surface area (Å²) >= 11 is 0. The summed E-state index contributed by atoms with van der Waals surface area (Å²) in [6.07, 6.45) is 1.61. The second-order valence-electron chi connectivity index (χ2n) is 6.57. The van der Waals surface area contributed by atoms with E-state index in [-0.39, 0.29) is 22.8 Å². The number of anilines is 1. The predicted molar refractivity (Wildman–Crippen MR) is 112 cm³/mol. The predicted octanol–water partition coefficient (Wildman–Crippen LogP) is 2.29. The number of hydrogen-bond donors (Lipinski definition) is 1. The molecule has 4 aromatic rings. The maximum absolute atomic E-state index is 12.7. The van der Waals surface area contributed by atoms with Gasteiger partial charge in [-0.2, -0.15) is 5.10 Å². The van der Waals surface area contributed by atoms with Crippen molar-refractivity contribution >= 4 is 32.8 Å². The third-order valence-electron chi connectivity index (χ3n) is 4.53. The normalized spacial score (nSPS) is 11.5. The zero-order valence-electron chi connectivity index (χ0n) is 16.6. The quantitative estimate of drug-likeness (QED) is 0.454. The fraction of sp³-hybridized carbons (Fsp3) is 0.150. The van der Waals surface area contributed by atoms with Gasteiger partial charge < -0.3 is 9.15 Å². The number of sulfonamides is 1. The number of aromatic nitrogens is 3. The molecule has 1 N–H and O–H groups in total. The van der Waals surface area contributed by atoms with E-state index in [9.17, 15) is 18.0 Å². The molecule has 31 heavy (non-hydrogen) atoms. The molecule has 0 aliphatic heterocycles. The van der Waals surface area contributed by atoms with Gasteiger partial charge in [-0.15, -0.1) is 0 Å². The van der Waals surface area contributed by atoms with E-state index in [0.717, 1.165) is 0 Å². The molecule has 2 heterocycles. The molecule has 0 fully saturated rings. The molecule has 11 heteroatoms. The lowest BCUT2D eigenvalue weighted by Gasteiger charge is -2.09. The first-order valence-corrected chi connectivity index (χ1v) is 10.7. The highest BCUT2D eigenvalue weighted by Crippen LogP contribution is 2.21. The lowest BCUT2D eigenvalue weighted by Crippen LogP contribution is -2.13. The van der Waals surface area contributed by atoms with E-state index in [1.54, 1.807) is 37.4 Å². The second-order valence-corrected chi connectivity index (χ2v) is 8.26. The van der Waals surface area contributed by atoms with Crippen molar-refractivity contribution in [2.24, 2.45) is 7.05 Å². The van der Waals surface area contributed by atoms with Gasteiger partial charge in [0.25, 0.3) is 10.0 Å². The number of ether oxygens (including phenoxy) is 1. The van der Waals surface area contributed by atoms with Crippen LogP contribution in [-0.2, 0) is 21.8 Å². The Balaban J connectivity index is 1.54. The number of hydrogen-bond acceptors (Lipinski definition) is 7. The van der Waals surface area contributed by atoms with Gasteiger partial charge in [-0.1, -0.05) is 0 Å². The van der Waals surface area contributed by atoms with E-state index in [1.165, 1.54) is 40.6 Å². The fourth-order valence-corrected chi connectivity index (χ4v) is 4.03. The van der Waals surface area contributed by atoms with Crippen LogP contribution in [0, 0.1) is 0 Å². The van der Waals surface area contributed by atoms with Crippen LogP contribution in [0.1, 0.15) is 17.4 Å². The maximum Gasteiger partial charge on any atom is 0.419 e. The number of nitrogens with zero attached hydrogens (tertiary/aromatic N) is 3. The minimum absolute atomic E-state index is 0.0374. The van der Waals surface area contributed by atoms with Gasteiger partial charge in [0.2, 0.25) is 0 Å². The number of oxazole rings is 1. The molecule has 0 bridgehead atoms. The van der Waals surface area contributed by atoms with E-state index >= 15 is 0 Å². The minimum atomic E-state index is -3.90. The number of carbonyl (C=O) groups is 1. The standard InChI is InChI=1S/C20H18N4O6S/c1-3-29-19(25)16-10-11-24(21-16)14-6-4-13(5-7-14)22-31(27,28)15-8-9-17-18(12-15)30-20(26)23(17)2/h4-12,22H,3H2,1-2H3. The molecule has 160 valence electrons. The number of esters is 1. The van der Waals surface area contributed by atoms with Gasteiger partial charge in [-0.05, 0) is 49.4 Å². The molecule has 0 aliphatic carbocycles. The van der Waals surface area contributed by atoms with Gasteiger partial charge in [0.1, 0.15) is 0 Å². The topological polar surface area (TPSA) is 125 Å². The largest absolute Gasteiger partial charge is 0.461 e. The van der Waals surface area contributed by atoms with Crippen molar-refractivity contribution in [3.63, 3.8) is 0 Å². The van der Waals surface area contributed by atoms with Crippen LogP contribution in [0.25, 0.3) is 16.8 Å².